The van der Waals surface area contributed by atoms with Gasteiger partial charge in [0.15, 0.2) is 0 Å². The van der Waals surface area contributed by atoms with Gasteiger partial charge >= 0.3 is 5.97 Å². The van der Waals surface area contributed by atoms with Crippen molar-refractivity contribution in [1.82, 2.24) is 0 Å². The first kappa shape index (κ1) is 13.6. The Bertz CT molecular complexity index is 241. The maximum Gasteiger partial charge on any atom is 0.307 e. The number of carboxylic acids is 1. The van der Waals surface area contributed by atoms with Gasteiger partial charge in [-0.05, 0) is 13.3 Å². The summed E-state index contributed by atoms with van der Waals surface area (Å²) in [6, 6.07) is 0. The van der Waals surface area contributed by atoms with E-state index in [4.69, 9.17) is 10.8 Å². The van der Waals surface area contributed by atoms with Gasteiger partial charge in [0.25, 0.3) is 0 Å². The molecule has 14 heavy (non-hydrogen) atoms. The Balaban J connectivity index is 4.44. The fourth-order valence-electron chi connectivity index (χ4n) is 1.12. The van der Waals surface area contributed by atoms with E-state index < -0.39 is 25.0 Å². The van der Waals surface area contributed by atoms with Crippen molar-refractivity contribution in [3.8, 4) is 0 Å². The fourth-order valence-corrected chi connectivity index (χ4v) is 2.43. The lowest BCUT2D eigenvalue weighted by Crippen LogP contribution is -2.24. The molecule has 0 amide bonds. The molecule has 0 aromatic carbocycles. The van der Waals surface area contributed by atoms with Crippen LogP contribution in [0.5, 0.6) is 0 Å². The Morgan fingerprint density at radius 2 is 2.07 bits per heavy atom. The predicted molar refractivity (Wildman–Crippen MR) is 54.4 cm³/mol. The molecule has 0 bridgehead atoms. The van der Waals surface area contributed by atoms with Crippen LogP contribution in [-0.2, 0) is 9.36 Å². The van der Waals surface area contributed by atoms with Crippen molar-refractivity contribution in [3.05, 3.63) is 0 Å². The van der Waals surface area contributed by atoms with Gasteiger partial charge in [-0.2, -0.15) is 0 Å². The second kappa shape index (κ2) is 5.49. The van der Waals surface area contributed by atoms with Gasteiger partial charge in [0.2, 0.25) is 7.37 Å². The highest BCUT2D eigenvalue weighted by molar-refractivity contribution is 7.58. The Hall–Kier alpha value is -0.380. The van der Waals surface area contributed by atoms with Crippen molar-refractivity contribution in [1.29, 1.82) is 0 Å². The van der Waals surface area contributed by atoms with Crippen molar-refractivity contribution < 1.29 is 19.4 Å². The van der Waals surface area contributed by atoms with Crippen molar-refractivity contribution in [2.75, 3.05) is 6.16 Å². The zero-order valence-electron chi connectivity index (χ0n) is 8.51. The van der Waals surface area contributed by atoms with E-state index in [2.05, 4.69) is 0 Å². The quantitative estimate of drug-likeness (QED) is 0.584. The molecule has 84 valence electrons. The molecule has 0 heterocycles. The van der Waals surface area contributed by atoms with E-state index in [0.717, 1.165) is 0 Å². The smallest absolute Gasteiger partial charge is 0.307 e. The minimum atomic E-state index is -3.51. The van der Waals surface area contributed by atoms with Gasteiger partial charge in [0, 0.05) is 6.16 Å². The third kappa shape index (κ3) is 4.22. The first-order chi connectivity index (χ1) is 6.31. The molecule has 6 heteroatoms. The van der Waals surface area contributed by atoms with E-state index in [1.807, 2.05) is 6.92 Å². The van der Waals surface area contributed by atoms with E-state index in [9.17, 15) is 14.3 Å². The van der Waals surface area contributed by atoms with Crippen LogP contribution in [0.3, 0.4) is 0 Å². The highest BCUT2D eigenvalue weighted by atomic mass is 31.2. The van der Waals surface area contributed by atoms with Gasteiger partial charge in [-0.15, -0.1) is 0 Å². The van der Waals surface area contributed by atoms with Crippen LogP contribution in [0.25, 0.3) is 0 Å². The molecular formula is C8H18NO4P. The molecule has 0 spiro atoms. The first-order valence-electron chi connectivity index (χ1n) is 4.61. The normalized spacial score (nSPS) is 19.7. The van der Waals surface area contributed by atoms with Crippen LogP contribution in [0.2, 0.25) is 0 Å². The predicted octanol–water partition coefficient (Wildman–Crippen LogP) is 1.06. The minimum absolute atomic E-state index is 0.228. The van der Waals surface area contributed by atoms with E-state index in [1.54, 1.807) is 0 Å². The molecule has 0 aliphatic carbocycles. The molecule has 0 aliphatic rings. The van der Waals surface area contributed by atoms with Gasteiger partial charge in [-0.25, -0.2) is 0 Å². The lowest BCUT2D eigenvalue weighted by atomic mass is 10.1. The number of carbonyl (C=O) groups is 1. The maximum absolute atomic E-state index is 11.5. The highest BCUT2D eigenvalue weighted by Crippen LogP contribution is 2.46. The van der Waals surface area contributed by atoms with E-state index in [1.165, 1.54) is 6.92 Å². The van der Waals surface area contributed by atoms with Gasteiger partial charge in [-0.3, -0.25) is 9.36 Å². The minimum Gasteiger partial charge on any atom is -0.481 e. The van der Waals surface area contributed by atoms with Crippen LogP contribution in [0, 0.1) is 5.92 Å². The number of hydrogen-bond donors (Lipinski definition) is 3. The largest absolute Gasteiger partial charge is 0.481 e. The Morgan fingerprint density at radius 3 is 2.36 bits per heavy atom. The molecule has 0 saturated heterocycles. The summed E-state index contributed by atoms with van der Waals surface area (Å²) in [5.74, 6) is -2.65. The Labute approximate surface area is 83.8 Å². The van der Waals surface area contributed by atoms with Crippen LogP contribution in [0.4, 0.5) is 0 Å². The summed E-state index contributed by atoms with van der Waals surface area (Å²) in [6.45, 7) is 3.26. The van der Waals surface area contributed by atoms with Crippen LogP contribution in [0.1, 0.15) is 26.7 Å². The number of aliphatic carboxylic acids is 1. The highest BCUT2D eigenvalue weighted by Gasteiger charge is 2.31. The average Bonchev–Trinajstić information content (AvgIpc) is 2.02. The first-order valence-corrected chi connectivity index (χ1v) is 6.52. The number of hydrogen-bond acceptors (Lipinski definition) is 3. The van der Waals surface area contributed by atoms with E-state index in [-0.39, 0.29) is 6.16 Å². The second-order valence-corrected chi connectivity index (χ2v) is 6.19. The Morgan fingerprint density at radius 1 is 1.57 bits per heavy atom. The van der Waals surface area contributed by atoms with E-state index >= 15 is 0 Å². The molecule has 0 aromatic heterocycles. The molecule has 3 atom stereocenters. The molecule has 0 rings (SSSR count). The van der Waals surface area contributed by atoms with E-state index in [0.29, 0.717) is 12.8 Å². The molecule has 3 unspecified atom stereocenters. The molecule has 0 saturated carbocycles. The summed E-state index contributed by atoms with van der Waals surface area (Å²) in [4.78, 5) is 20.1. The van der Waals surface area contributed by atoms with Crippen LogP contribution >= 0.6 is 7.37 Å². The number of nitrogens with two attached hydrogens (primary N) is 1. The molecule has 0 radical (unpaired) electrons. The summed E-state index contributed by atoms with van der Waals surface area (Å²) in [6.07, 6.45) is 0.858. The topological polar surface area (TPSA) is 101 Å². The van der Waals surface area contributed by atoms with Gasteiger partial charge < -0.3 is 15.7 Å². The Kier molecular flexibility index (Phi) is 5.34. The molecular weight excluding hydrogens is 205 g/mol. The maximum atomic E-state index is 11.5. The molecule has 0 aliphatic heterocycles. The van der Waals surface area contributed by atoms with Gasteiger partial charge in [-0.1, -0.05) is 13.3 Å². The molecule has 0 fully saturated rings. The van der Waals surface area contributed by atoms with Crippen molar-refractivity contribution in [2.45, 2.75) is 32.5 Å². The summed E-state index contributed by atoms with van der Waals surface area (Å²) >= 11 is 0. The van der Waals surface area contributed by atoms with Gasteiger partial charge in [0.05, 0.1) is 11.7 Å². The van der Waals surface area contributed by atoms with Crippen molar-refractivity contribution in [2.24, 2.45) is 11.7 Å². The second-order valence-electron chi connectivity index (χ2n) is 3.50. The lowest BCUT2D eigenvalue weighted by molar-refractivity contribution is -0.141. The molecule has 5 nitrogen and oxygen atoms in total. The van der Waals surface area contributed by atoms with Gasteiger partial charge in [0.1, 0.15) is 0 Å². The number of carboxylic acid groups (broad SMARTS) is 1. The zero-order valence-corrected chi connectivity index (χ0v) is 9.41. The summed E-state index contributed by atoms with van der Waals surface area (Å²) in [7, 11) is -3.51. The summed E-state index contributed by atoms with van der Waals surface area (Å²) in [5, 5.41) is 8.78. The fraction of sp³-hybridized carbons (Fsp3) is 0.875. The standard InChI is InChI=1S/C8H18NO4P/c1-3-4-7(8(10)11)5-14(12,13)6(2)9/h6-7H,3-5,9H2,1-2H3,(H,10,11)(H,12,13). The van der Waals surface area contributed by atoms with Crippen LogP contribution < -0.4 is 5.73 Å². The van der Waals surface area contributed by atoms with Crippen LogP contribution in [0.15, 0.2) is 0 Å². The average molecular weight is 223 g/mol. The summed E-state index contributed by atoms with van der Waals surface area (Å²) < 4.78 is 11.5. The SMILES string of the molecule is CCCC(CP(=O)(O)C(C)N)C(=O)O. The zero-order chi connectivity index (χ0) is 11.4. The third-order valence-corrected chi connectivity index (χ3v) is 4.34. The summed E-state index contributed by atoms with van der Waals surface area (Å²) in [5.41, 5.74) is 5.31. The monoisotopic (exact) mass is 223 g/mol. The van der Waals surface area contributed by atoms with Crippen molar-refractivity contribution >= 4 is 13.3 Å². The molecule has 4 N–H and O–H groups in total. The third-order valence-electron chi connectivity index (χ3n) is 2.10. The van der Waals surface area contributed by atoms with Crippen LogP contribution in [-0.4, -0.2) is 27.9 Å². The lowest BCUT2D eigenvalue weighted by Gasteiger charge is -2.19. The van der Waals surface area contributed by atoms with Crippen molar-refractivity contribution in [3.63, 3.8) is 0 Å². The number of rotatable bonds is 6. The molecule has 0 aromatic rings.